The number of hydrogen-bond donors (Lipinski definition) is 1. The lowest BCUT2D eigenvalue weighted by atomic mass is 10.1. The summed E-state index contributed by atoms with van der Waals surface area (Å²) in [7, 11) is 1.77. The van der Waals surface area contributed by atoms with Gasteiger partial charge >= 0.3 is 5.97 Å². The third-order valence-electron chi connectivity index (χ3n) is 3.87. The first kappa shape index (κ1) is 19.4. The highest BCUT2D eigenvalue weighted by atomic mass is 16.5. The Morgan fingerprint density at radius 3 is 2.69 bits per heavy atom. The van der Waals surface area contributed by atoms with E-state index in [2.05, 4.69) is 17.2 Å². The normalized spacial score (nSPS) is 10.3. The first-order chi connectivity index (χ1) is 12.6. The number of anilines is 2. The molecule has 1 amide bonds. The summed E-state index contributed by atoms with van der Waals surface area (Å²) in [6.07, 6.45) is 3.56. The number of esters is 1. The highest BCUT2D eigenvalue weighted by molar-refractivity contribution is 5.97. The smallest absolute Gasteiger partial charge is 0.340 e. The van der Waals surface area contributed by atoms with E-state index in [0.29, 0.717) is 35.8 Å². The van der Waals surface area contributed by atoms with Crippen molar-refractivity contribution in [1.82, 2.24) is 9.88 Å². The van der Waals surface area contributed by atoms with Crippen molar-refractivity contribution in [3.05, 3.63) is 53.9 Å². The number of amides is 1. The van der Waals surface area contributed by atoms with Gasteiger partial charge in [0.25, 0.3) is 5.91 Å². The minimum atomic E-state index is -0.389. The van der Waals surface area contributed by atoms with E-state index in [9.17, 15) is 9.59 Å². The Balaban J connectivity index is 2.19. The number of carbonyl (C=O) groups excluding carboxylic acids is 2. The topological polar surface area (TPSA) is 71.5 Å². The van der Waals surface area contributed by atoms with Gasteiger partial charge in [-0.2, -0.15) is 0 Å². The van der Waals surface area contributed by atoms with Crippen molar-refractivity contribution in [3.63, 3.8) is 0 Å². The van der Waals surface area contributed by atoms with E-state index in [1.165, 1.54) is 0 Å². The Kier molecular flexibility index (Phi) is 7.14. The van der Waals surface area contributed by atoms with E-state index >= 15 is 0 Å². The van der Waals surface area contributed by atoms with Gasteiger partial charge < -0.3 is 15.0 Å². The molecular formula is C20H25N3O3. The molecule has 2 aromatic rings. The highest BCUT2D eigenvalue weighted by Gasteiger charge is 2.15. The first-order valence-electron chi connectivity index (χ1n) is 8.81. The van der Waals surface area contributed by atoms with Gasteiger partial charge in [-0.05, 0) is 37.6 Å². The molecule has 0 saturated carbocycles. The number of para-hydroxylation sites is 1. The first-order valence-corrected chi connectivity index (χ1v) is 8.81. The molecule has 2 rings (SSSR count). The average molecular weight is 355 g/mol. The molecule has 0 aliphatic carbocycles. The number of pyridine rings is 1. The van der Waals surface area contributed by atoms with Crippen molar-refractivity contribution in [3.8, 4) is 0 Å². The zero-order valence-corrected chi connectivity index (χ0v) is 15.5. The minimum absolute atomic E-state index is 0.124. The molecular weight excluding hydrogens is 330 g/mol. The van der Waals surface area contributed by atoms with Gasteiger partial charge in [0.2, 0.25) is 0 Å². The minimum Gasteiger partial charge on any atom is -0.462 e. The molecule has 0 bridgehead atoms. The summed E-state index contributed by atoms with van der Waals surface area (Å²) in [5.41, 5.74) is 2.11. The fourth-order valence-corrected chi connectivity index (χ4v) is 2.45. The van der Waals surface area contributed by atoms with E-state index in [0.717, 1.165) is 12.8 Å². The van der Waals surface area contributed by atoms with E-state index in [1.807, 2.05) is 6.07 Å². The molecule has 0 aliphatic rings. The van der Waals surface area contributed by atoms with Gasteiger partial charge in [0.15, 0.2) is 0 Å². The van der Waals surface area contributed by atoms with Crippen LogP contribution in [0.2, 0.25) is 0 Å². The zero-order chi connectivity index (χ0) is 18.9. The fraction of sp³-hybridized carbons (Fsp3) is 0.350. The molecule has 1 aromatic carbocycles. The number of nitrogens with one attached hydrogen (secondary N) is 1. The second-order valence-electron chi connectivity index (χ2n) is 5.90. The van der Waals surface area contributed by atoms with Crippen LogP contribution in [0.3, 0.4) is 0 Å². The third kappa shape index (κ3) is 5.05. The largest absolute Gasteiger partial charge is 0.462 e. The Bertz CT molecular complexity index is 761. The van der Waals surface area contributed by atoms with Gasteiger partial charge in [0.1, 0.15) is 5.69 Å². The van der Waals surface area contributed by atoms with Crippen LogP contribution in [0.5, 0.6) is 0 Å². The van der Waals surface area contributed by atoms with E-state index < -0.39 is 0 Å². The summed E-state index contributed by atoms with van der Waals surface area (Å²) in [5.74, 6) is -0.513. The van der Waals surface area contributed by atoms with Crippen molar-refractivity contribution >= 4 is 23.3 Å². The highest BCUT2D eigenvalue weighted by Crippen LogP contribution is 2.22. The van der Waals surface area contributed by atoms with Gasteiger partial charge in [-0.15, -0.1) is 0 Å². The molecule has 1 aromatic heterocycles. The van der Waals surface area contributed by atoms with Crippen LogP contribution in [-0.4, -0.2) is 42.0 Å². The third-order valence-corrected chi connectivity index (χ3v) is 3.87. The average Bonchev–Trinajstić information content (AvgIpc) is 2.66. The lowest BCUT2D eigenvalue weighted by Gasteiger charge is -2.17. The number of unbranched alkanes of at least 4 members (excludes halogenated alkanes) is 1. The summed E-state index contributed by atoms with van der Waals surface area (Å²) in [6.45, 7) is 4.86. The molecule has 6 heteroatoms. The van der Waals surface area contributed by atoms with E-state index in [1.54, 1.807) is 55.4 Å². The van der Waals surface area contributed by atoms with Crippen LogP contribution in [0.15, 0.2) is 42.6 Å². The maximum Gasteiger partial charge on any atom is 0.340 e. The molecule has 0 radical (unpaired) electrons. The summed E-state index contributed by atoms with van der Waals surface area (Å²) in [4.78, 5) is 30.4. The van der Waals surface area contributed by atoms with Crippen molar-refractivity contribution in [2.24, 2.45) is 0 Å². The molecule has 1 N–H and O–H groups in total. The molecule has 0 atom stereocenters. The summed E-state index contributed by atoms with van der Waals surface area (Å²) >= 11 is 0. The number of hydrogen-bond acceptors (Lipinski definition) is 5. The van der Waals surface area contributed by atoms with Gasteiger partial charge in [0.05, 0.1) is 17.9 Å². The van der Waals surface area contributed by atoms with Crippen molar-refractivity contribution < 1.29 is 14.3 Å². The molecule has 0 fully saturated rings. The molecule has 26 heavy (non-hydrogen) atoms. The van der Waals surface area contributed by atoms with Crippen LogP contribution in [0.25, 0.3) is 0 Å². The van der Waals surface area contributed by atoms with E-state index in [4.69, 9.17) is 4.74 Å². The van der Waals surface area contributed by atoms with Gasteiger partial charge in [-0.3, -0.25) is 9.78 Å². The SMILES string of the molecule is CCCCN(C)C(=O)c1cc(Nc2ccccc2C(=O)OCC)ccn1. The van der Waals surface area contributed by atoms with Crippen LogP contribution in [0.1, 0.15) is 47.5 Å². The number of ether oxygens (including phenoxy) is 1. The maximum atomic E-state index is 12.5. The Hall–Kier alpha value is -2.89. The van der Waals surface area contributed by atoms with Crippen LogP contribution >= 0.6 is 0 Å². The van der Waals surface area contributed by atoms with E-state index in [-0.39, 0.29) is 11.9 Å². The number of benzene rings is 1. The predicted molar refractivity (Wildman–Crippen MR) is 102 cm³/mol. The van der Waals surface area contributed by atoms with Crippen LogP contribution < -0.4 is 5.32 Å². The Morgan fingerprint density at radius 1 is 1.19 bits per heavy atom. The molecule has 0 aliphatic heterocycles. The lowest BCUT2D eigenvalue weighted by molar-refractivity contribution is 0.0527. The van der Waals surface area contributed by atoms with Crippen LogP contribution in [0.4, 0.5) is 11.4 Å². The fourth-order valence-electron chi connectivity index (χ4n) is 2.45. The molecule has 0 spiro atoms. The van der Waals surface area contributed by atoms with Crippen LogP contribution in [-0.2, 0) is 4.74 Å². The van der Waals surface area contributed by atoms with Crippen molar-refractivity contribution in [2.45, 2.75) is 26.7 Å². The predicted octanol–water partition coefficient (Wildman–Crippen LogP) is 3.87. The van der Waals surface area contributed by atoms with Gasteiger partial charge in [-0.1, -0.05) is 25.5 Å². The summed E-state index contributed by atoms with van der Waals surface area (Å²) < 4.78 is 5.09. The van der Waals surface area contributed by atoms with Crippen LogP contribution in [0, 0.1) is 0 Å². The second kappa shape index (κ2) is 9.56. The second-order valence-corrected chi connectivity index (χ2v) is 5.90. The molecule has 6 nitrogen and oxygen atoms in total. The number of rotatable bonds is 8. The molecule has 1 heterocycles. The maximum absolute atomic E-state index is 12.5. The van der Waals surface area contributed by atoms with Crippen molar-refractivity contribution in [2.75, 3.05) is 25.5 Å². The molecule has 138 valence electrons. The number of aromatic nitrogens is 1. The lowest BCUT2D eigenvalue weighted by Crippen LogP contribution is -2.28. The summed E-state index contributed by atoms with van der Waals surface area (Å²) in [5, 5.41) is 3.18. The quantitative estimate of drug-likeness (QED) is 0.728. The zero-order valence-electron chi connectivity index (χ0n) is 15.5. The summed E-state index contributed by atoms with van der Waals surface area (Å²) in [6, 6.07) is 10.5. The Labute approximate surface area is 154 Å². The van der Waals surface area contributed by atoms with Gasteiger partial charge in [-0.25, -0.2) is 4.79 Å². The number of nitrogens with zero attached hydrogens (tertiary/aromatic N) is 2. The monoisotopic (exact) mass is 355 g/mol. The van der Waals surface area contributed by atoms with Gasteiger partial charge in [0, 0.05) is 25.5 Å². The van der Waals surface area contributed by atoms with Crippen molar-refractivity contribution in [1.29, 1.82) is 0 Å². The molecule has 0 saturated heterocycles. The Morgan fingerprint density at radius 2 is 1.96 bits per heavy atom. The number of carbonyl (C=O) groups is 2. The molecule has 0 unspecified atom stereocenters. The standard InChI is InChI=1S/C20H25N3O3/c1-4-6-13-23(3)19(24)18-14-15(11-12-21-18)22-17-10-8-7-9-16(17)20(25)26-5-2/h7-12,14H,4-6,13H2,1-3H3,(H,21,22).